The first kappa shape index (κ1) is 17.0. The van der Waals surface area contributed by atoms with Gasteiger partial charge in [0.2, 0.25) is 16.8 Å². The van der Waals surface area contributed by atoms with E-state index in [2.05, 4.69) is 4.72 Å². The van der Waals surface area contributed by atoms with Gasteiger partial charge in [-0.1, -0.05) is 17.7 Å². The molecule has 10 heteroatoms. The summed E-state index contributed by atoms with van der Waals surface area (Å²) in [6, 6.07) is 7.77. The quantitative estimate of drug-likeness (QED) is 0.724. The van der Waals surface area contributed by atoms with Crippen LogP contribution >= 0.6 is 11.6 Å². The number of nitrogens with one attached hydrogen (secondary N) is 1. The van der Waals surface area contributed by atoms with E-state index in [9.17, 15) is 13.2 Å². The Morgan fingerprint density at radius 1 is 1.19 bits per heavy atom. The maximum atomic E-state index is 12.6. The standard InChI is InChI=1S/C16H13ClN2O6S/c1-19-11-5-10(17)15(6-13(11)25-16(19)20)26(21,22)18-7-9-2-3-12-14(4-9)24-8-23-12/h2-6,18H,7-8H2,1H3. The first-order chi connectivity index (χ1) is 12.3. The van der Waals surface area contributed by atoms with Gasteiger partial charge < -0.3 is 13.9 Å². The van der Waals surface area contributed by atoms with Crippen molar-refractivity contribution >= 4 is 32.7 Å². The van der Waals surface area contributed by atoms with Gasteiger partial charge in [-0.15, -0.1) is 0 Å². The summed E-state index contributed by atoms with van der Waals surface area (Å²) in [7, 11) is -2.41. The number of nitrogens with zero attached hydrogens (tertiary/aromatic N) is 1. The topological polar surface area (TPSA) is 99.8 Å². The van der Waals surface area contributed by atoms with E-state index in [0.29, 0.717) is 22.6 Å². The van der Waals surface area contributed by atoms with Crippen molar-refractivity contribution in [2.45, 2.75) is 11.4 Å². The van der Waals surface area contributed by atoms with Crippen molar-refractivity contribution in [3.8, 4) is 11.5 Å². The highest BCUT2D eigenvalue weighted by molar-refractivity contribution is 7.89. The van der Waals surface area contributed by atoms with Gasteiger partial charge >= 0.3 is 5.76 Å². The number of fused-ring (bicyclic) bond motifs is 2. The van der Waals surface area contributed by atoms with E-state index in [1.807, 2.05) is 0 Å². The van der Waals surface area contributed by atoms with Crippen LogP contribution in [0.1, 0.15) is 5.56 Å². The molecule has 2 aromatic carbocycles. The summed E-state index contributed by atoms with van der Waals surface area (Å²) < 4.78 is 44.5. The minimum atomic E-state index is -3.92. The molecule has 0 saturated heterocycles. The van der Waals surface area contributed by atoms with Crippen molar-refractivity contribution in [2.24, 2.45) is 7.05 Å². The summed E-state index contributed by atoms with van der Waals surface area (Å²) >= 11 is 6.11. The maximum Gasteiger partial charge on any atom is 0.419 e. The fourth-order valence-corrected chi connectivity index (χ4v) is 4.19. The Bertz CT molecular complexity index is 1180. The fourth-order valence-electron chi connectivity index (χ4n) is 2.64. The van der Waals surface area contributed by atoms with Crippen molar-refractivity contribution in [1.29, 1.82) is 0 Å². The van der Waals surface area contributed by atoms with Gasteiger partial charge in [0.25, 0.3) is 0 Å². The van der Waals surface area contributed by atoms with Crippen molar-refractivity contribution in [1.82, 2.24) is 9.29 Å². The van der Waals surface area contributed by atoms with Crippen LogP contribution in [-0.4, -0.2) is 19.8 Å². The van der Waals surface area contributed by atoms with Crippen LogP contribution < -0.4 is 20.0 Å². The van der Waals surface area contributed by atoms with Crippen molar-refractivity contribution < 1.29 is 22.3 Å². The number of ether oxygens (including phenoxy) is 2. The molecule has 0 radical (unpaired) electrons. The Hall–Kier alpha value is -2.49. The Kier molecular flexibility index (Phi) is 3.94. The lowest BCUT2D eigenvalue weighted by atomic mass is 10.2. The molecule has 1 aliphatic rings. The van der Waals surface area contributed by atoms with Crippen molar-refractivity contribution in [3.05, 3.63) is 51.5 Å². The molecular weight excluding hydrogens is 384 g/mol. The molecule has 4 rings (SSSR count). The number of hydrogen-bond donors (Lipinski definition) is 1. The smallest absolute Gasteiger partial charge is 0.419 e. The summed E-state index contributed by atoms with van der Waals surface area (Å²) in [4.78, 5) is 11.4. The van der Waals surface area contributed by atoms with Crippen LogP contribution in [-0.2, 0) is 23.6 Å². The molecular formula is C16H13ClN2O6S. The third-order valence-electron chi connectivity index (χ3n) is 4.04. The highest BCUT2D eigenvalue weighted by Gasteiger charge is 2.21. The average Bonchev–Trinajstić information content (AvgIpc) is 3.17. The molecule has 1 aromatic heterocycles. The van der Waals surface area contributed by atoms with Crippen LogP contribution in [0.3, 0.4) is 0 Å². The molecule has 0 bridgehead atoms. The van der Waals surface area contributed by atoms with Crippen LogP contribution in [0.15, 0.2) is 44.4 Å². The van der Waals surface area contributed by atoms with E-state index in [1.165, 1.54) is 23.7 Å². The largest absolute Gasteiger partial charge is 0.454 e. The van der Waals surface area contributed by atoms with E-state index in [-0.39, 0.29) is 28.8 Å². The van der Waals surface area contributed by atoms with Crippen LogP contribution in [0.4, 0.5) is 0 Å². The van der Waals surface area contributed by atoms with Gasteiger partial charge in [0.1, 0.15) is 4.90 Å². The highest BCUT2D eigenvalue weighted by Crippen LogP contribution is 2.32. The number of rotatable bonds is 4. The van der Waals surface area contributed by atoms with Crippen LogP contribution in [0.5, 0.6) is 11.5 Å². The van der Waals surface area contributed by atoms with Crippen LogP contribution in [0, 0.1) is 0 Å². The summed E-state index contributed by atoms with van der Waals surface area (Å²) in [5.74, 6) is 0.579. The zero-order valence-corrected chi connectivity index (χ0v) is 15.1. The SMILES string of the molecule is Cn1c(=O)oc2cc(S(=O)(=O)NCc3ccc4c(c3)OCO4)c(Cl)cc21. The molecule has 0 unspecified atom stereocenters. The van der Waals surface area contributed by atoms with E-state index in [0.717, 1.165) is 0 Å². The van der Waals surface area contributed by atoms with Gasteiger partial charge in [0.15, 0.2) is 17.1 Å². The third kappa shape index (κ3) is 2.83. The molecule has 0 fully saturated rings. The molecule has 1 aliphatic heterocycles. The summed E-state index contributed by atoms with van der Waals surface area (Å²) in [5, 5.41) is -0.00733. The third-order valence-corrected chi connectivity index (χ3v) is 5.90. The Balaban J connectivity index is 1.63. The van der Waals surface area contributed by atoms with Gasteiger partial charge in [0, 0.05) is 19.7 Å². The highest BCUT2D eigenvalue weighted by atomic mass is 35.5. The first-order valence-electron chi connectivity index (χ1n) is 7.52. The van der Waals surface area contributed by atoms with E-state index in [4.69, 9.17) is 25.5 Å². The second-order valence-corrected chi connectivity index (χ2v) is 7.83. The minimum absolute atomic E-state index is 0.00733. The Morgan fingerprint density at radius 3 is 2.77 bits per heavy atom. The summed E-state index contributed by atoms with van der Waals surface area (Å²) in [6.45, 7) is 0.175. The van der Waals surface area contributed by atoms with E-state index >= 15 is 0 Å². The fraction of sp³-hybridized carbons (Fsp3) is 0.188. The number of benzene rings is 2. The second kappa shape index (κ2) is 6.04. The van der Waals surface area contributed by atoms with Gasteiger partial charge in [-0.2, -0.15) is 0 Å². The molecule has 26 heavy (non-hydrogen) atoms. The normalized spacial score (nSPS) is 13.5. The molecule has 0 aliphatic carbocycles. The zero-order chi connectivity index (χ0) is 18.5. The van der Waals surface area contributed by atoms with Gasteiger partial charge in [-0.3, -0.25) is 4.57 Å². The zero-order valence-electron chi connectivity index (χ0n) is 13.5. The monoisotopic (exact) mass is 396 g/mol. The molecule has 8 nitrogen and oxygen atoms in total. The van der Waals surface area contributed by atoms with Crippen LogP contribution in [0.25, 0.3) is 11.1 Å². The molecule has 1 N–H and O–H groups in total. The Labute approximate surface area is 152 Å². The van der Waals surface area contributed by atoms with Crippen LogP contribution in [0.2, 0.25) is 5.02 Å². The van der Waals surface area contributed by atoms with Crippen molar-refractivity contribution in [3.63, 3.8) is 0 Å². The van der Waals surface area contributed by atoms with Gasteiger partial charge in [-0.25, -0.2) is 17.9 Å². The number of oxazole rings is 1. The molecule has 0 spiro atoms. The van der Waals surface area contributed by atoms with Gasteiger partial charge in [0.05, 0.1) is 10.5 Å². The number of sulfonamides is 1. The lowest BCUT2D eigenvalue weighted by Gasteiger charge is -2.09. The number of aromatic nitrogens is 1. The molecule has 136 valence electrons. The molecule has 0 amide bonds. The van der Waals surface area contributed by atoms with E-state index in [1.54, 1.807) is 18.2 Å². The predicted molar refractivity (Wildman–Crippen MR) is 93.1 cm³/mol. The summed E-state index contributed by atoms with van der Waals surface area (Å²) in [6.07, 6.45) is 0. The molecule has 3 aromatic rings. The minimum Gasteiger partial charge on any atom is -0.454 e. The predicted octanol–water partition coefficient (Wildman–Crippen LogP) is 1.99. The average molecular weight is 397 g/mol. The second-order valence-electron chi connectivity index (χ2n) is 5.69. The molecule has 2 heterocycles. The number of aryl methyl sites for hydroxylation is 1. The Morgan fingerprint density at radius 2 is 1.96 bits per heavy atom. The first-order valence-corrected chi connectivity index (χ1v) is 9.38. The van der Waals surface area contributed by atoms with Crippen molar-refractivity contribution in [2.75, 3.05) is 6.79 Å². The number of hydrogen-bond acceptors (Lipinski definition) is 6. The lowest BCUT2D eigenvalue weighted by molar-refractivity contribution is 0.174. The molecule has 0 atom stereocenters. The van der Waals surface area contributed by atoms with E-state index < -0.39 is 15.8 Å². The van der Waals surface area contributed by atoms with Gasteiger partial charge in [-0.05, 0) is 23.8 Å². The summed E-state index contributed by atoms with van der Waals surface area (Å²) in [5.41, 5.74) is 1.25. The lowest BCUT2D eigenvalue weighted by Crippen LogP contribution is -2.23. The number of halogens is 1. The molecule has 0 saturated carbocycles. The maximum absolute atomic E-state index is 12.6.